The summed E-state index contributed by atoms with van der Waals surface area (Å²) in [6.07, 6.45) is 4.18. The molecule has 2 spiro atoms. The predicted octanol–water partition coefficient (Wildman–Crippen LogP) is 3.36. The average molecular weight is 432 g/mol. The van der Waals surface area contributed by atoms with Crippen molar-refractivity contribution in [2.24, 2.45) is 0 Å². The minimum atomic E-state index is -0.572. The molecule has 3 heterocycles. The van der Waals surface area contributed by atoms with Crippen LogP contribution in [0.2, 0.25) is 0 Å². The van der Waals surface area contributed by atoms with E-state index in [1.807, 2.05) is 29.2 Å². The first-order valence-corrected chi connectivity index (χ1v) is 11.6. The van der Waals surface area contributed by atoms with E-state index in [0.717, 1.165) is 36.9 Å². The van der Waals surface area contributed by atoms with Crippen molar-refractivity contribution < 1.29 is 14.3 Å². The molecular formula is C26H29N3O3. The number of hydrogen-bond donors (Lipinski definition) is 2. The van der Waals surface area contributed by atoms with Gasteiger partial charge in [0, 0.05) is 25.2 Å². The fourth-order valence-electron chi connectivity index (χ4n) is 5.82. The van der Waals surface area contributed by atoms with Gasteiger partial charge in [-0.25, -0.2) is 0 Å². The summed E-state index contributed by atoms with van der Waals surface area (Å²) in [5.74, 6) is 0.211. The Morgan fingerprint density at radius 1 is 0.969 bits per heavy atom. The topological polar surface area (TPSA) is 70.7 Å². The standard InChI is InChI=1S/C26H29N3O3/c1-18-6-8-19(9-7-18)25(10-11-25)23(31)29-14-12-24(13-15-29)16-26(17-32-24)27-21-5-3-2-4-20(21)22(30)28-26/h2-9,27H,10-17H2,1H3,(H,28,30). The SMILES string of the molecule is Cc1ccc(C2(C(=O)N3CCC4(CC3)CC3(CO4)NC(=O)c4ccccc4N3)CC2)cc1. The van der Waals surface area contributed by atoms with Gasteiger partial charge in [0.1, 0.15) is 5.66 Å². The minimum Gasteiger partial charge on any atom is -0.370 e. The quantitative estimate of drug-likeness (QED) is 0.765. The van der Waals surface area contributed by atoms with Crippen molar-refractivity contribution in [2.45, 2.75) is 55.7 Å². The summed E-state index contributed by atoms with van der Waals surface area (Å²) in [5.41, 5.74) is 2.70. The van der Waals surface area contributed by atoms with Gasteiger partial charge >= 0.3 is 0 Å². The maximum atomic E-state index is 13.5. The fourth-order valence-corrected chi connectivity index (χ4v) is 5.82. The molecule has 1 saturated carbocycles. The predicted molar refractivity (Wildman–Crippen MR) is 121 cm³/mol. The van der Waals surface area contributed by atoms with E-state index in [9.17, 15) is 9.59 Å². The molecule has 2 N–H and O–H groups in total. The fraction of sp³-hybridized carbons (Fsp3) is 0.462. The van der Waals surface area contributed by atoms with Gasteiger partial charge in [0.2, 0.25) is 5.91 Å². The molecule has 2 amide bonds. The van der Waals surface area contributed by atoms with Crippen molar-refractivity contribution in [3.05, 3.63) is 65.2 Å². The van der Waals surface area contributed by atoms with Gasteiger partial charge in [-0.1, -0.05) is 42.0 Å². The highest BCUT2D eigenvalue weighted by molar-refractivity contribution is 6.02. The number of likely N-dealkylation sites (tertiary alicyclic amines) is 1. The molecule has 3 aliphatic heterocycles. The van der Waals surface area contributed by atoms with Crippen LogP contribution in [0.25, 0.3) is 0 Å². The lowest BCUT2D eigenvalue weighted by atomic mass is 9.83. The molecule has 6 rings (SSSR count). The number of carbonyl (C=O) groups excluding carboxylic acids is 2. The Hall–Kier alpha value is -2.86. The molecule has 2 aromatic carbocycles. The molecule has 6 nitrogen and oxygen atoms in total. The van der Waals surface area contributed by atoms with Crippen molar-refractivity contribution >= 4 is 17.5 Å². The number of benzene rings is 2. The van der Waals surface area contributed by atoms with Crippen LogP contribution in [0.5, 0.6) is 0 Å². The Morgan fingerprint density at radius 2 is 1.69 bits per heavy atom. The molecule has 166 valence electrons. The number of hydrogen-bond acceptors (Lipinski definition) is 4. The van der Waals surface area contributed by atoms with Gasteiger partial charge in [-0.3, -0.25) is 9.59 Å². The number of anilines is 1. The highest BCUT2D eigenvalue weighted by atomic mass is 16.5. The number of nitrogens with zero attached hydrogens (tertiary/aromatic N) is 1. The van der Waals surface area contributed by atoms with Crippen LogP contribution in [0.15, 0.2) is 48.5 Å². The molecule has 0 radical (unpaired) electrons. The highest BCUT2D eigenvalue weighted by Gasteiger charge is 2.56. The maximum Gasteiger partial charge on any atom is 0.255 e. The molecule has 32 heavy (non-hydrogen) atoms. The number of ether oxygens (including phenoxy) is 1. The second-order valence-electron chi connectivity index (χ2n) is 10.1. The van der Waals surface area contributed by atoms with Gasteiger partial charge in [0.25, 0.3) is 5.91 Å². The number of rotatable bonds is 2. The van der Waals surface area contributed by atoms with Crippen molar-refractivity contribution in [3.63, 3.8) is 0 Å². The summed E-state index contributed by atoms with van der Waals surface area (Å²) in [6.45, 7) is 3.92. The lowest BCUT2D eigenvalue weighted by Crippen LogP contribution is -2.59. The monoisotopic (exact) mass is 431 g/mol. The molecule has 0 bridgehead atoms. The number of piperidine rings is 1. The first-order chi connectivity index (χ1) is 15.4. The van der Waals surface area contributed by atoms with E-state index in [0.29, 0.717) is 31.7 Å². The van der Waals surface area contributed by atoms with Crippen molar-refractivity contribution in [1.29, 1.82) is 0 Å². The number of amides is 2. The summed E-state index contributed by atoms with van der Waals surface area (Å²) in [5, 5.41) is 6.69. The van der Waals surface area contributed by atoms with Crippen LogP contribution in [0.3, 0.4) is 0 Å². The van der Waals surface area contributed by atoms with E-state index in [4.69, 9.17) is 4.74 Å². The zero-order valence-electron chi connectivity index (χ0n) is 18.4. The summed E-state index contributed by atoms with van der Waals surface area (Å²) >= 11 is 0. The van der Waals surface area contributed by atoms with Gasteiger partial charge in [-0.15, -0.1) is 0 Å². The number of carbonyl (C=O) groups is 2. The molecule has 2 saturated heterocycles. The van der Waals surface area contributed by atoms with E-state index in [1.165, 1.54) is 5.56 Å². The molecule has 4 aliphatic rings. The van der Waals surface area contributed by atoms with Gasteiger partial charge in [0.05, 0.1) is 23.2 Å². The molecule has 2 aromatic rings. The normalized spacial score (nSPS) is 27.0. The number of aryl methyl sites for hydroxylation is 1. The van der Waals surface area contributed by atoms with E-state index >= 15 is 0 Å². The summed E-state index contributed by atoms with van der Waals surface area (Å²) in [6, 6.07) is 16.0. The Bertz CT molecular complexity index is 1080. The van der Waals surface area contributed by atoms with Crippen LogP contribution < -0.4 is 10.6 Å². The second-order valence-corrected chi connectivity index (χ2v) is 10.1. The van der Waals surface area contributed by atoms with E-state index in [-0.39, 0.29) is 22.8 Å². The third-order valence-corrected chi connectivity index (χ3v) is 7.87. The van der Waals surface area contributed by atoms with Crippen molar-refractivity contribution in [2.75, 3.05) is 25.0 Å². The molecule has 1 unspecified atom stereocenters. The van der Waals surface area contributed by atoms with E-state index < -0.39 is 5.66 Å². The van der Waals surface area contributed by atoms with E-state index in [1.54, 1.807) is 0 Å². The molecule has 3 fully saturated rings. The van der Waals surface area contributed by atoms with Crippen LogP contribution >= 0.6 is 0 Å². The van der Waals surface area contributed by atoms with Crippen LogP contribution in [-0.4, -0.2) is 47.7 Å². The van der Waals surface area contributed by atoms with Crippen LogP contribution in [0, 0.1) is 6.92 Å². The lowest BCUT2D eigenvalue weighted by Gasteiger charge is -2.41. The highest BCUT2D eigenvalue weighted by Crippen LogP contribution is 2.51. The second kappa shape index (κ2) is 6.82. The largest absolute Gasteiger partial charge is 0.370 e. The summed E-state index contributed by atoms with van der Waals surface area (Å²) in [4.78, 5) is 28.2. The van der Waals surface area contributed by atoms with Crippen LogP contribution in [0.1, 0.15) is 53.6 Å². The Balaban J connectivity index is 1.14. The zero-order valence-corrected chi connectivity index (χ0v) is 18.4. The van der Waals surface area contributed by atoms with E-state index in [2.05, 4.69) is 41.8 Å². The third kappa shape index (κ3) is 3.04. The number of para-hydroxylation sites is 1. The number of nitrogens with one attached hydrogen (secondary N) is 2. The van der Waals surface area contributed by atoms with Gasteiger partial charge in [-0.05, 0) is 50.3 Å². The smallest absolute Gasteiger partial charge is 0.255 e. The van der Waals surface area contributed by atoms with Gasteiger partial charge < -0.3 is 20.3 Å². The first-order valence-electron chi connectivity index (χ1n) is 11.6. The summed E-state index contributed by atoms with van der Waals surface area (Å²) < 4.78 is 6.35. The molecule has 0 aromatic heterocycles. The van der Waals surface area contributed by atoms with Gasteiger partial charge in [-0.2, -0.15) is 0 Å². The third-order valence-electron chi connectivity index (χ3n) is 7.87. The number of fused-ring (bicyclic) bond motifs is 1. The van der Waals surface area contributed by atoms with Crippen molar-refractivity contribution in [1.82, 2.24) is 10.2 Å². The molecule has 6 heteroatoms. The zero-order chi connectivity index (χ0) is 22.0. The van der Waals surface area contributed by atoms with Crippen LogP contribution in [0.4, 0.5) is 5.69 Å². The van der Waals surface area contributed by atoms with Crippen molar-refractivity contribution in [3.8, 4) is 0 Å². The Morgan fingerprint density at radius 3 is 2.41 bits per heavy atom. The summed E-state index contributed by atoms with van der Waals surface area (Å²) in [7, 11) is 0. The Kier molecular flexibility index (Phi) is 4.22. The van der Waals surface area contributed by atoms with Crippen LogP contribution in [-0.2, 0) is 14.9 Å². The molecular weight excluding hydrogens is 402 g/mol. The molecule has 1 atom stereocenters. The Labute approximate surface area is 188 Å². The minimum absolute atomic E-state index is 0.0543. The molecule has 1 aliphatic carbocycles. The maximum absolute atomic E-state index is 13.5. The first kappa shape index (κ1) is 19.8. The van der Waals surface area contributed by atoms with Gasteiger partial charge in [0.15, 0.2) is 0 Å². The lowest BCUT2D eigenvalue weighted by molar-refractivity contribution is -0.138. The average Bonchev–Trinajstić information content (AvgIpc) is 3.54.